The van der Waals surface area contributed by atoms with Crippen molar-refractivity contribution in [3.63, 3.8) is 0 Å². The lowest BCUT2D eigenvalue weighted by Crippen LogP contribution is -2.35. The van der Waals surface area contributed by atoms with Crippen LogP contribution in [0.4, 0.5) is 35.2 Å². The molecular formula is C32H35F3N6O7. The molecule has 2 atom stereocenters. The second-order valence-electron chi connectivity index (χ2n) is 12.1. The third kappa shape index (κ3) is 9.87. The lowest BCUT2D eigenvalue weighted by Gasteiger charge is -2.20. The lowest BCUT2D eigenvalue weighted by atomic mass is 10.1. The molecule has 16 heteroatoms. The van der Waals surface area contributed by atoms with Crippen molar-refractivity contribution in [1.82, 2.24) is 14.9 Å². The van der Waals surface area contributed by atoms with Gasteiger partial charge in [-0.3, -0.25) is 24.3 Å². The molecule has 4 N–H and O–H groups in total. The van der Waals surface area contributed by atoms with Gasteiger partial charge in [-0.15, -0.1) is 0 Å². The zero-order valence-corrected chi connectivity index (χ0v) is 26.6. The number of hydrogen-bond donors (Lipinski definition) is 4. The highest BCUT2D eigenvalue weighted by Crippen LogP contribution is 2.41. The SMILES string of the molecule is CC1CC(F)(F)C(n2ccc(NC(=O)CCC(=O)NCc3ccc(C(=O)Nc4ccc(F)cc4NC(=O)OC(C)(C)C)cc3)nc2=O)O1. The number of amides is 4. The molecule has 1 saturated heterocycles. The molecule has 4 amide bonds. The molecule has 1 aliphatic rings. The normalized spacial score (nSPS) is 16.9. The van der Waals surface area contributed by atoms with Gasteiger partial charge in [0.2, 0.25) is 18.0 Å². The van der Waals surface area contributed by atoms with E-state index < -0.39 is 65.6 Å². The van der Waals surface area contributed by atoms with Gasteiger partial charge in [0.1, 0.15) is 17.2 Å². The van der Waals surface area contributed by atoms with Gasteiger partial charge in [-0.25, -0.2) is 22.8 Å². The minimum atomic E-state index is -3.25. The van der Waals surface area contributed by atoms with Gasteiger partial charge in [0.15, 0.2) is 0 Å². The number of benzene rings is 2. The van der Waals surface area contributed by atoms with Gasteiger partial charge in [0.05, 0.1) is 17.5 Å². The van der Waals surface area contributed by atoms with Crippen LogP contribution < -0.4 is 27.0 Å². The first-order valence-corrected chi connectivity index (χ1v) is 14.9. The summed E-state index contributed by atoms with van der Waals surface area (Å²) >= 11 is 0. The zero-order chi connectivity index (χ0) is 35.2. The number of carbonyl (C=O) groups is 4. The third-order valence-electron chi connectivity index (χ3n) is 6.78. The summed E-state index contributed by atoms with van der Waals surface area (Å²) < 4.78 is 53.1. The van der Waals surface area contributed by atoms with Crippen LogP contribution in [0.15, 0.2) is 59.5 Å². The lowest BCUT2D eigenvalue weighted by molar-refractivity contribution is -0.124. The maximum absolute atomic E-state index is 14.1. The fourth-order valence-corrected chi connectivity index (χ4v) is 4.61. The van der Waals surface area contributed by atoms with Gasteiger partial charge in [-0.05, 0) is 69.7 Å². The molecule has 0 radical (unpaired) electrons. The van der Waals surface area contributed by atoms with Gasteiger partial charge < -0.3 is 25.4 Å². The Kier molecular flexibility index (Phi) is 10.9. The van der Waals surface area contributed by atoms with Crippen LogP contribution >= 0.6 is 0 Å². The predicted octanol–water partition coefficient (Wildman–Crippen LogP) is 4.96. The average Bonchev–Trinajstić information content (AvgIpc) is 3.26. The smallest absolute Gasteiger partial charge is 0.412 e. The summed E-state index contributed by atoms with van der Waals surface area (Å²) in [6.45, 7) is 6.58. The first kappa shape index (κ1) is 35.6. The molecule has 2 aromatic carbocycles. The van der Waals surface area contributed by atoms with E-state index in [1.54, 1.807) is 32.9 Å². The standard InChI is InChI=1S/C32H35F3N6O7/c1-18-16-32(34,35)28(47-18)41-14-13-24(40-29(41)45)39-26(43)12-11-25(42)36-17-19-5-7-20(8-6-19)27(44)37-22-10-9-21(33)15-23(22)38-30(46)48-31(2,3)4/h5-10,13-15,18,28H,11-12,16-17H2,1-4H3,(H,36,42)(H,37,44)(H,38,46)(H,39,40,43,45). The molecule has 1 aromatic heterocycles. The van der Waals surface area contributed by atoms with E-state index in [1.165, 1.54) is 31.2 Å². The van der Waals surface area contributed by atoms with Crippen molar-refractivity contribution in [2.75, 3.05) is 16.0 Å². The van der Waals surface area contributed by atoms with Crippen molar-refractivity contribution in [2.45, 2.75) is 77.4 Å². The molecule has 3 aromatic rings. The molecule has 0 saturated carbocycles. The first-order valence-electron chi connectivity index (χ1n) is 14.9. The van der Waals surface area contributed by atoms with Gasteiger partial charge >= 0.3 is 11.8 Å². The topological polar surface area (TPSA) is 170 Å². The van der Waals surface area contributed by atoms with Crippen LogP contribution in [0.1, 0.15) is 69.1 Å². The molecule has 48 heavy (non-hydrogen) atoms. The Morgan fingerprint density at radius 3 is 2.29 bits per heavy atom. The Hall–Kier alpha value is -5.25. The number of halogens is 3. The maximum Gasteiger partial charge on any atom is 0.412 e. The summed E-state index contributed by atoms with van der Waals surface area (Å²) in [5.41, 5.74) is -0.772. The van der Waals surface area contributed by atoms with E-state index in [4.69, 9.17) is 9.47 Å². The molecule has 4 rings (SSSR count). The maximum atomic E-state index is 14.1. The highest BCUT2D eigenvalue weighted by Gasteiger charge is 2.50. The Bertz CT molecular complexity index is 1740. The number of hydrogen-bond acceptors (Lipinski definition) is 8. The van der Waals surface area contributed by atoms with Gasteiger partial charge in [0.25, 0.3) is 11.8 Å². The third-order valence-corrected chi connectivity index (χ3v) is 6.78. The number of rotatable bonds is 10. The summed E-state index contributed by atoms with van der Waals surface area (Å²) in [6.07, 6.45) is -3.27. The van der Waals surface area contributed by atoms with Crippen molar-refractivity contribution in [3.05, 3.63) is 82.2 Å². The van der Waals surface area contributed by atoms with Crippen molar-refractivity contribution >= 4 is 41.0 Å². The largest absolute Gasteiger partial charge is 0.444 e. The molecule has 2 heterocycles. The average molecular weight is 673 g/mol. The van der Waals surface area contributed by atoms with Crippen molar-refractivity contribution in [2.24, 2.45) is 0 Å². The molecule has 0 aliphatic carbocycles. The van der Waals surface area contributed by atoms with Crippen LogP contribution in [0.3, 0.4) is 0 Å². The van der Waals surface area contributed by atoms with E-state index >= 15 is 0 Å². The Morgan fingerprint density at radius 2 is 1.67 bits per heavy atom. The van der Waals surface area contributed by atoms with Crippen LogP contribution in [-0.2, 0) is 25.6 Å². The van der Waals surface area contributed by atoms with E-state index in [1.807, 2.05) is 0 Å². The molecule has 0 bridgehead atoms. The molecule has 13 nitrogen and oxygen atoms in total. The van der Waals surface area contributed by atoms with E-state index in [9.17, 15) is 37.1 Å². The minimum absolute atomic E-state index is 0.00500. The predicted molar refractivity (Wildman–Crippen MR) is 168 cm³/mol. The molecule has 0 spiro atoms. The van der Waals surface area contributed by atoms with Crippen molar-refractivity contribution < 1.29 is 41.8 Å². The second kappa shape index (κ2) is 14.7. The zero-order valence-electron chi connectivity index (χ0n) is 26.6. The van der Waals surface area contributed by atoms with Gasteiger partial charge in [0, 0.05) is 37.6 Å². The Balaban J connectivity index is 1.23. The highest BCUT2D eigenvalue weighted by atomic mass is 19.3. The van der Waals surface area contributed by atoms with E-state index in [0.717, 1.165) is 18.3 Å². The van der Waals surface area contributed by atoms with E-state index in [0.29, 0.717) is 10.1 Å². The number of ether oxygens (including phenoxy) is 2. The highest BCUT2D eigenvalue weighted by molar-refractivity contribution is 6.07. The molecule has 1 aliphatic heterocycles. The summed E-state index contributed by atoms with van der Waals surface area (Å²) in [5, 5.41) is 10.1. The first-order chi connectivity index (χ1) is 22.5. The Labute approximate surface area is 273 Å². The van der Waals surface area contributed by atoms with Crippen LogP contribution in [0, 0.1) is 5.82 Å². The summed E-state index contributed by atoms with van der Waals surface area (Å²) in [7, 11) is 0. The fourth-order valence-electron chi connectivity index (χ4n) is 4.61. The van der Waals surface area contributed by atoms with Crippen LogP contribution in [0.25, 0.3) is 0 Å². The minimum Gasteiger partial charge on any atom is -0.444 e. The number of carbonyl (C=O) groups excluding carboxylic acids is 4. The summed E-state index contributed by atoms with van der Waals surface area (Å²) in [6, 6.07) is 10.9. The van der Waals surface area contributed by atoms with Crippen LogP contribution in [-0.4, -0.2) is 51.0 Å². The van der Waals surface area contributed by atoms with E-state index in [2.05, 4.69) is 26.3 Å². The van der Waals surface area contributed by atoms with E-state index in [-0.39, 0.29) is 42.1 Å². The quantitative estimate of drug-likeness (QED) is 0.234. The number of nitrogens with one attached hydrogen (secondary N) is 4. The van der Waals surface area contributed by atoms with Crippen LogP contribution in [0.5, 0.6) is 0 Å². The van der Waals surface area contributed by atoms with Crippen LogP contribution in [0.2, 0.25) is 0 Å². The summed E-state index contributed by atoms with van der Waals surface area (Å²) in [4.78, 5) is 65.5. The van der Waals surface area contributed by atoms with Crippen molar-refractivity contribution in [1.29, 1.82) is 0 Å². The number of alkyl halides is 2. The number of aromatic nitrogens is 2. The molecular weight excluding hydrogens is 637 g/mol. The summed E-state index contributed by atoms with van der Waals surface area (Å²) in [5.74, 6) is -5.65. The van der Waals surface area contributed by atoms with Gasteiger partial charge in [-0.2, -0.15) is 4.98 Å². The fraction of sp³-hybridized carbons (Fsp3) is 0.375. The second-order valence-corrected chi connectivity index (χ2v) is 12.1. The molecule has 2 unspecified atom stereocenters. The number of anilines is 3. The number of nitrogens with zero attached hydrogens (tertiary/aromatic N) is 2. The van der Waals surface area contributed by atoms with Gasteiger partial charge in [-0.1, -0.05) is 12.1 Å². The molecule has 1 fully saturated rings. The molecule has 256 valence electrons. The monoisotopic (exact) mass is 672 g/mol. The Morgan fingerprint density at radius 1 is 0.979 bits per heavy atom. The van der Waals surface area contributed by atoms with Crippen molar-refractivity contribution in [3.8, 4) is 0 Å².